The van der Waals surface area contributed by atoms with Crippen LogP contribution in [0.5, 0.6) is 5.75 Å². The quantitative estimate of drug-likeness (QED) is 0.757. The Morgan fingerprint density at radius 1 is 1.21 bits per heavy atom. The monoisotopic (exact) mass is 276 g/mol. The molecule has 3 heteroatoms. The molecule has 1 nitrogen and oxygen atoms in total. The van der Waals surface area contributed by atoms with Crippen LogP contribution >= 0.6 is 11.6 Å². The first-order valence-corrected chi connectivity index (χ1v) is 6.86. The van der Waals surface area contributed by atoms with Gasteiger partial charge in [-0.25, -0.2) is 4.39 Å². The molecule has 0 bridgehead atoms. The van der Waals surface area contributed by atoms with Gasteiger partial charge >= 0.3 is 0 Å². The standard InChI is InChI=1S/C16H14ClFO/c17-9-11-5-6-16(15(18)7-11)19-10-13-8-12-3-1-2-4-14(12)13/h1-7,13H,8-10H2. The molecule has 0 radical (unpaired) electrons. The molecule has 0 aromatic heterocycles. The molecule has 2 aromatic carbocycles. The van der Waals surface area contributed by atoms with Gasteiger partial charge < -0.3 is 4.74 Å². The van der Waals surface area contributed by atoms with E-state index in [-0.39, 0.29) is 5.82 Å². The van der Waals surface area contributed by atoms with Crippen molar-refractivity contribution in [2.75, 3.05) is 6.61 Å². The smallest absolute Gasteiger partial charge is 0.165 e. The lowest BCUT2D eigenvalue weighted by atomic mass is 9.78. The van der Waals surface area contributed by atoms with E-state index >= 15 is 0 Å². The second kappa shape index (κ2) is 5.22. The van der Waals surface area contributed by atoms with Gasteiger partial charge in [0.1, 0.15) is 0 Å². The van der Waals surface area contributed by atoms with Gasteiger partial charge in [0, 0.05) is 11.8 Å². The number of benzene rings is 2. The molecule has 0 heterocycles. The van der Waals surface area contributed by atoms with E-state index in [0.717, 1.165) is 12.0 Å². The number of rotatable bonds is 4. The Balaban J connectivity index is 1.65. The molecule has 0 fully saturated rings. The molecule has 19 heavy (non-hydrogen) atoms. The van der Waals surface area contributed by atoms with E-state index < -0.39 is 0 Å². The zero-order valence-electron chi connectivity index (χ0n) is 10.4. The summed E-state index contributed by atoms with van der Waals surface area (Å²) < 4.78 is 19.3. The van der Waals surface area contributed by atoms with Crippen molar-refractivity contribution in [3.05, 3.63) is 65.0 Å². The second-order valence-electron chi connectivity index (χ2n) is 4.81. The first-order chi connectivity index (χ1) is 9.28. The SMILES string of the molecule is Fc1cc(CCl)ccc1OCC1Cc2ccccc21. The zero-order chi connectivity index (χ0) is 13.2. The molecule has 1 unspecified atom stereocenters. The third-order valence-electron chi connectivity index (χ3n) is 3.55. The minimum Gasteiger partial charge on any atom is -0.490 e. The van der Waals surface area contributed by atoms with Crippen molar-refractivity contribution in [3.63, 3.8) is 0 Å². The van der Waals surface area contributed by atoms with Crippen molar-refractivity contribution in [2.45, 2.75) is 18.2 Å². The maximum absolute atomic E-state index is 13.7. The van der Waals surface area contributed by atoms with Crippen LogP contribution in [-0.4, -0.2) is 6.61 Å². The molecule has 3 rings (SSSR count). The summed E-state index contributed by atoms with van der Waals surface area (Å²) in [6.07, 6.45) is 1.01. The first kappa shape index (κ1) is 12.5. The average molecular weight is 277 g/mol. The van der Waals surface area contributed by atoms with Crippen LogP contribution in [0.4, 0.5) is 4.39 Å². The molecule has 0 spiro atoms. The molecule has 0 saturated heterocycles. The van der Waals surface area contributed by atoms with Crippen LogP contribution in [0.15, 0.2) is 42.5 Å². The Morgan fingerprint density at radius 3 is 2.79 bits per heavy atom. The van der Waals surface area contributed by atoms with Gasteiger partial charge in [-0.05, 0) is 35.2 Å². The summed E-state index contributed by atoms with van der Waals surface area (Å²) in [5, 5.41) is 0. The predicted molar refractivity (Wildman–Crippen MR) is 74.3 cm³/mol. The van der Waals surface area contributed by atoms with E-state index in [4.69, 9.17) is 16.3 Å². The highest BCUT2D eigenvalue weighted by Crippen LogP contribution is 2.35. The number of halogens is 2. The summed E-state index contributed by atoms with van der Waals surface area (Å²) in [7, 11) is 0. The summed E-state index contributed by atoms with van der Waals surface area (Å²) in [6, 6.07) is 13.2. The van der Waals surface area contributed by atoms with E-state index in [1.165, 1.54) is 17.2 Å². The Bertz CT molecular complexity index is 597. The summed E-state index contributed by atoms with van der Waals surface area (Å²) in [5.74, 6) is 0.653. The van der Waals surface area contributed by atoms with E-state index in [1.807, 2.05) is 12.1 Å². The first-order valence-electron chi connectivity index (χ1n) is 6.33. The molecule has 98 valence electrons. The Morgan fingerprint density at radius 2 is 2.05 bits per heavy atom. The van der Waals surface area contributed by atoms with Crippen LogP contribution < -0.4 is 4.74 Å². The number of hydrogen-bond acceptors (Lipinski definition) is 1. The van der Waals surface area contributed by atoms with E-state index in [1.54, 1.807) is 12.1 Å². The lowest BCUT2D eigenvalue weighted by Gasteiger charge is -2.29. The summed E-state index contributed by atoms with van der Waals surface area (Å²) >= 11 is 5.66. The van der Waals surface area contributed by atoms with Gasteiger partial charge in [-0.2, -0.15) is 0 Å². The highest BCUT2D eigenvalue weighted by Gasteiger charge is 2.26. The average Bonchev–Trinajstić information content (AvgIpc) is 2.41. The highest BCUT2D eigenvalue weighted by molar-refractivity contribution is 6.17. The van der Waals surface area contributed by atoms with Crippen LogP contribution in [0, 0.1) is 5.82 Å². The summed E-state index contributed by atoms with van der Waals surface area (Å²) in [6.45, 7) is 0.522. The molecular formula is C16H14ClFO. The van der Waals surface area contributed by atoms with E-state index in [0.29, 0.717) is 24.2 Å². The molecule has 0 N–H and O–H groups in total. The lowest BCUT2D eigenvalue weighted by molar-refractivity contribution is 0.263. The van der Waals surface area contributed by atoms with Crippen LogP contribution in [-0.2, 0) is 12.3 Å². The van der Waals surface area contributed by atoms with Crippen molar-refractivity contribution in [1.82, 2.24) is 0 Å². The van der Waals surface area contributed by atoms with Gasteiger partial charge in [0.25, 0.3) is 0 Å². The highest BCUT2D eigenvalue weighted by atomic mass is 35.5. The maximum atomic E-state index is 13.7. The van der Waals surface area contributed by atoms with E-state index in [9.17, 15) is 4.39 Å². The van der Waals surface area contributed by atoms with Crippen molar-refractivity contribution in [3.8, 4) is 5.75 Å². The molecule has 1 aliphatic carbocycles. The van der Waals surface area contributed by atoms with Gasteiger partial charge in [0.05, 0.1) is 6.61 Å². The minimum atomic E-state index is -0.342. The molecule has 0 amide bonds. The van der Waals surface area contributed by atoms with Gasteiger partial charge in [0.15, 0.2) is 11.6 Å². The number of ether oxygens (including phenoxy) is 1. The largest absolute Gasteiger partial charge is 0.490 e. The Kier molecular flexibility index (Phi) is 3.43. The fraction of sp³-hybridized carbons (Fsp3) is 0.250. The second-order valence-corrected chi connectivity index (χ2v) is 5.08. The van der Waals surface area contributed by atoms with Crippen LogP contribution in [0.25, 0.3) is 0 Å². The van der Waals surface area contributed by atoms with Gasteiger partial charge in [-0.15, -0.1) is 11.6 Å². The third kappa shape index (κ3) is 2.45. The van der Waals surface area contributed by atoms with Crippen molar-refractivity contribution >= 4 is 11.6 Å². The van der Waals surface area contributed by atoms with Crippen LogP contribution in [0.1, 0.15) is 22.6 Å². The van der Waals surface area contributed by atoms with Crippen molar-refractivity contribution in [2.24, 2.45) is 0 Å². The van der Waals surface area contributed by atoms with Crippen molar-refractivity contribution in [1.29, 1.82) is 0 Å². The topological polar surface area (TPSA) is 9.23 Å². The fourth-order valence-corrected chi connectivity index (χ4v) is 2.61. The maximum Gasteiger partial charge on any atom is 0.165 e. The van der Waals surface area contributed by atoms with Crippen LogP contribution in [0.2, 0.25) is 0 Å². The number of fused-ring (bicyclic) bond motifs is 1. The molecule has 1 aliphatic rings. The van der Waals surface area contributed by atoms with E-state index in [2.05, 4.69) is 12.1 Å². The van der Waals surface area contributed by atoms with Gasteiger partial charge in [0.2, 0.25) is 0 Å². The summed E-state index contributed by atoms with van der Waals surface area (Å²) in [4.78, 5) is 0. The lowest BCUT2D eigenvalue weighted by Crippen LogP contribution is -2.23. The zero-order valence-corrected chi connectivity index (χ0v) is 11.2. The Hall–Kier alpha value is -1.54. The predicted octanol–water partition coefficient (Wildman–Crippen LogP) is 4.28. The number of hydrogen-bond donors (Lipinski definition) is 0. The molecule has 1 atom stereocenters. The molecule has 0 saturated carbocycles. The van der Waals surface area contributed by atoms with Gasteiger partial charge in [-0.1, -0.05) is 30.3 Å². The van der Waals surface area contributed by atoms with Gasteiger partial charge in [-0.3, -0.25) is 0 Å². The van der Waals surface area contributed by atoms with Crippen molar-refractivity contribution < 1.29 is 9.13 Å². The summed E-state index contributed by atoms with van der Waals surface area (Å²) in [5.41, 5.74) is 3.45. The fourth-order valence-electron chi connectivity index (χ4n) is 2.45. The normalized spacial score (nSPS) is 16.6. The molecular weight excluding hydrogens is 263 g/mol. The molecule has 0 aliphatic heterocycles. The third-order valence-corrected chi connectivity index (χ3v) is 3.86. The number of alkyl halides is 1. The Labute approximate surface area is 117 Å². The van der Waals surface area contributed by atoms with Crippen LogP contribution in [0.3, 0.4) is 0 Å². The molecule has 2 aromatic rings. The minimum absolute atomic E-state index is 0.304.